The first-order valence-electron chi connectivity index (χ1n) is 9.18. The van der Waals surface area contributed by atoms with Crippen LogP contribution in [0, 0.1) is 0 Å². The number of anilines is 1. The Labute approximate surface area is 132 Å². The normalized spacial score (nSPS) is 10.8. The molecule has 0 spiro atoms. The van der Waals surface area contributed by atoms with Crippen molar-refractivity contribution in [2.75, 3.05) is 18.0 Å². The average Bonchev–Trinajstić information content (AvgIpc) is 2.54. The molecular formula is C20H35N. The Morgan fingerprint density at radius 2 is 1.19 bits per heavy atom. The van der Waals surface area contributed by atoms with E-state index in [1.54, 1.807) is 0 Å². The summed E-state index contributed by atoms with van der Waals surface area (Å²) < 4.78 is 0. The smallest absolute Gasteiger partial charge is 0.0366 e. The van der Waals surface area contributed by atoms with Crippen LogP contribution in [0.4, 0.5) is 5.69 Å². The second kappa shape index (κ2) is 12.7. The van der Waals surface area contributed by atoms with Crippen molar-refractivity contribution >= 4 is 5.69 Å². The summed E-state index contributed by atoms with van der Waals surface area (Å²) in [6, 6.07) is 10.8. The molecule has 1 nitrogen and oxygen atoms in total. The Kier molecular flexibility index (Phi) is 11.0. The highest BCUT2D eigenvalue weighted by atomic mass is 15.1. The van der Waals surface area contributed by atoms with Crippen LogP contribution in [0.15, 0.2) is 30.3 Å². The Bertz CT molecular complexity index is 320. The fraction of sp³-hybridized carbons (Fsp3) is 0.700. The van der Waals surface area contributed by atoms with Gasteiger partial charge in [-0.3, -0.25) is 0 Å². The Balaban J connectivity index is 1.98. The molecule has 21 heavy (non-hydrogen) atoms. The molecule has 1 aromatic carbocycles. The number of hydrogen-bond acceptors (Lipinski definition) is 1. The third-order valence-electron chi connectivity index (χ3n) is 4.28. The SMILES string of the molecule is CCCCCCCCCCCCN(CC)c1ccccc1. The number of para-hydroxylation sites is 1. The van der Waals surface area contributed by atoms with E-state index in [1.165, 1.54) is 76.4 Å². The first-order valence-corrected chi connectivity index (χ1v) is 9.18. The molecule has 0 fully saturated rings. The Morgan fingerprint density at radius 1 is 0.667 bits per heavy atom. The highest BCUT2D eigenvalue weighted by molar-refractivity contribution is 5.45. The van der Waals surface area contributed by atoms with Crippen molar-refractivity contribution in [1.29, 1.82) is 0 Å². The molecule has 0 saturated carbocycles. The number of hydrogen-bond donors (Lipinski definition) is 0. The predicted octanol–water partition coefficient (Wildman–Crippen LogP) is 6.43. The zero-order valence-electron chi connectivity index (χ0n) is 14.3. The maximum atomic E-state index is 2.49. The van der Waals surface area contributed by atoms with Crippen molar-refractivity contribution in [2.24, 2.45) is 0 Å². The van der Waals surface area contributed by atoms with E-state index >= 15 is 0 Å². The molecule has 0 aliphatic rings. The maximum absolute atomic E-state index is 2.49. The topological polar surface area (TPSA) is 3.24 Å². The van der Waals surface area contributed by atoms with Crippen molar-refractivity contribution in [3.05, 3.63) is 30.3 Å². The van der Waals surface area contributed by atoms with Gasteiger partial charge in [-0.25, -0.2) is 0 Å². The van der Waals surface area contributed by atoms with Gasteiger partial charge in [0.05, 0.1) is 0 Å². The molecule has 0 aromatic heterocycles. The van der Waals surface area contributed by atoms with E-state index < -0.39 is 0 Å². The molecule has 0 heterocycles. The summed E-state index contributed by atoms with van der Waals surface area (Å²) in [7, 11) is 0. The van der Waals surface area contributed by atoms with E-state index in [4.69, 9.17) is 0 Å². The summed E-state index contributed by atoms with van der Waals surface area (Å²) in [5.41, 5.74) is 1.37. The molecule has 0 N–H and O–H groups in total. The summed E-state index contributed by atoms with van der Waals surface area (Å²) in [5.74, 6) is 0. The van der Waals surface area contributed by atoms with Gasteiger partial charge >= 0.3 is 0 Å². The minimum Gasteiger partial charge on any atom is -0.372 e. The van der Waals surface area contributed by atoms with Crippen molar-refractivity contribution in [3.8, 4) is 0 Å². The van der Waals surface area contributed by atoms with Gasteiger partial charge in [-0.15, -0.1) is 0 Å². The van der Waals surface area contributed by atoms with E-state index in [-0.39, 0.29) is 0 Å². The van der Waals surface area contributed by atoms with Gasteiger partial charge in [0.1, 0.15) is 0 Å². The molecular weight excluding hydrogens is 254 g/mol. The lowest BCUT2D eigenvalue weighted by atomic mass is 10.1. The van der Waals surface area contributed by atoms with Crippen LogP contribution in [0.2, 0.25) is 0 Å². The van der Waals surface area contributed by atoms with E-state index in [0.717, 1.165) is 6.54 Å². The van der Waals surface area contributed by atoms with Crippen molar-refractivity contribution in [1.82, 2.24) is 0 Å². The fourth-order valence-electron chi connectivity index (χ4n) is 2.90. The van der Waals surface area contributed by atoms with Crippen LogP contribution in [0.5, 0.6) is 0 Å². The largest absolute Gasteiger partial charge is 0.372 e. The predicted molar refractivity (Wildman–Crippen MR) is 96.2 cm³/mol. The number of rotatable bonds is 13. The summed E-state index contributed by atoms with van der Waals surface area (Å²) in [6.07, 6.45) is 14.1. The molecule has 1 heteroatoms. The fourth-order valence-corrected chi connectivity index (χ4v) is 2.90. The summed E-state index contributed by atoms with van der Waals surface area (Å²) in [5, 5.41) is 0. The highest BCUT2D eigenvalue weighted by Gasteiger charge is 2.02. The zero-order chi connectivity index (χ0) is 15.2. The second-order valence-electron chi connectivity index (χ2n) is 6.10. The first kappa shape index (κ1) is 18.1. The lowest BCUT2D eigenvalue weighted by Crippen LogP contribution is -2.23. The number of unbranched alkanes of at least 4 members (excludes halogenated alkanes) is 9. The van der Waals surface area contributed by atoms with Gasteiger partial charge in [-0.05, 0) is 25.5 Å². The minimum atomic E-state index is 1.11. The van der Waals surface area contributed by atoms with Gasteiger partial charge in [-0.1, -0.05) is 82.9 Å². The zero-order valence-corrected chi connectivity index (χ0v) is 14.3. The molecule has 0 bridgehead atoms. The second-order valence-corrected chi connectivity index (χ2v) is 6.10. The van der Waals surface area contributed by atoms with E-state index in [0.29, 0.717) is 0 Å². The van der Waals surface area contributed by atoms with Crippen LogP contribution in [-0.4, -0.2) is 13.1 Å². The van der Waals surface area contributed by atoms with Gasteiger partial charge in [0.15, 0.2) is 0 Å². The molecule has 0 atom stereocenters. The van der Waals surface area contributed by atoms with Gasteiger partial charge in [0.2, 0.25) is 0 Å². The van der Waals surface area contributed by atoms with Crippen LogP contribution in [0.3, 0.4) is 0 Å². The number of nitrogens with zero attached hydrogens (tertiary/aromatic N) is 1. The van der Waals surface area contributed by atoms with Gasteiger partial charge in [0, 0.05) is 18.8 Å². The Morgan fingerprint density at radius 3 is 1.71 bits per heavy atom. The molecule has 120 valence electrons. The van der Waals surface area contributed by atoms with Crippen molar-refractivity contribution in [3.63, 3.8) is 0 Å². The van der Waals surface area contributed by atoms with E-state index in [2.05, 4.69) is 49.1 Å². The molecule has 0 saturated heterocycles. The van der Waals surface area contributed by atoms with Crippen LogP contribution in [-0.2, 0) is 0 Å². The third-order valence-corrected chi connectivity index (χ3v) is 4.28. The lowest BCUT2D eigenvalue weighted by molar-refractivity contribution is 0.555. The molecule has 0 unspecified atom stereocenters. The highest BCUT2D eigenvalue weighted by Crippen LogP contribution is 2.15. The van der Waals surface area contributed by atoms with Crippen LogP contribution in [0.25, 0.3) is 0 Å². The van der Waals surface area contributed by atoms with Gasteiger partial charge in [-0.2, -0.15) is 0 Å². The number of benzene rings is 1. The molecule has 1 aromatic rings. The van der Waals surface area contributed by atoms with Crippen LogP contribution < -0.4 is 4.90 Å². The average molecular weight is 290 g/mol. The maximum Gasteiger partial charge on any atom is 0.0366 e. The van der Waals surface area contributed by atoms with Gasteiger partial charge < -0.3 is 4.90 Å². The minimum absolute atomic E-state index is 1.11. The molecule has 0 amide bonds. The Hall–Kier alpha value is -0.980. The third kappa shape index (κ3) is 8.80. The standard InChI is InChI=1S/C20H35N/c1-3-5-6-7-8-9-10-11-12-16-19-21(4-2)20-17-14-13-15-18-20/h13-15,17-18H,3-12,16,19H2,1-2H3. The molecule has 0 aliphatic carbocycles. The monoisotopic (exact) mass is 289 g/mol. The summed E-state index contributed by atoms with van der Waals surface area (Å²) >= 11 is 0. The van der Waals surface area contributed by atoms with E-state index in [1.807, 2.05) is 0 Å². The van der Waals surface area contributed by atoms with E-state index in [9.17, 15) is 0 Å². The quantitative estimate of drug-likeness (QED) is 0.378. The first-order chi connectivity index (χ1) is 10.4. The van der Waals surface area contributed by atoms with Crippen molar-refractivity contribution in [2.45, 2.75) is 78.1 Å². The van der Waals surface area contributed by atoms with Crippen molar-refractivity contribution < 1.29 is 0 Å². The molecule has 0 aliphatic heterocycles. The van der Waals surface area contributed by atoms with Crippen LogP contribution in [0.1, 0.15) is 78.1 Å². The molecule has 1 rings (SSSR count). The summed E-state index contributed by atoms with van der Waals surface area (Å²) in [4.78, 5) is 2.49. The molecule has 0 radical (unpaired) electrons. The summed E-state index contributed by atoms with van der Waals surface area (Å²) in [6.45, 7) is 6.86. The van der Waals surface area contributed by atoms with Crippen LogP contribution >= 0.6 is 0 Å². The van der Waals surface area contributed by atoms with Gasteiger partial charge in [0.25, 0.3) is 0 Å². The lowest BCUT2D eigenvalue weighted by Gasteiger charge is -2.23.